The van der Waals surface area contributed by atoms with E-state index >= 15 is 0 Å². The molecular formula is C23H37N5O. The molecule has 6 nitrogen and oxygen atoms in total. The summed E-state index contributed by atoms with van der Waals surface area (Å²) in [7, 11) is 4.41. The molecule has 3 fully saturated rings. The van der Waals surface area contributed by atoms with Gasteiger partial charge in [0.05, 0.1) is 0 Å². The van der Waals surface area contributed by atoms with E-state index in [1.165, 1.54) is 31.2 Å². The minimum atomic E-state index is 0.326. The van der Waals surface area contributed by atoms with Gasteiger partial charge in [0.25, 0.3) is 0 Å². The highest BCUT2D eigenvalue weighted by Crippen LogP contribution is 2.33. The Morgan fingerprint density at radius 3 is 2.28 bits per heavy atom. The van der Waals surface area contributed by atoms with E-state index in [2.05, 4.69) is 28.8 Å². The molecule has 2 unspecified atom stereocenters. The van der Waals surface area contributed by atoms with E-state index < -0.39 is 0 Å². The Bertz CT molecular complexity index is 671. The van der Waals surface area contributed by atoms with E-state index in [4.69, 9.17) is 9.97 Å². The predicted octanol–water partition coefficient (Wildman–Crippen LogP) is 2.98. The zero-order chi connectivity index (χ0) is 20.4. The Kier molecular flexibility index (Phi) is 6.50. The lowest BCUT2D eigenvalue weighted by atomic mass is 9.79. The van der Waals surface area contributed by atoms with E-state index in [1.54, 1.807) is 0 Å². The number of anilines is 1. The van der Waals surface area contributed by atoms with Crippen LogP contribution in [-0.2, 0) is 11.3 Å². The van der Waals surface area contributed by atoms with Crippen molar-refractivity contribution < 1.29 is 4.79 Å². The fraction of sp³-hybridized carbons (Fsp3) is 0.783. The summed E-state index contributed by atoms with van der Waals surface area (Å²) < 4.78 is 0. The maximum absolute atomic E-state index is 11.9. The van der Waals surface area contributed by atoms with E-state index in [0.29, 0.717) is 36.1 Å². The Hall–Kier alpha value is -1.53. The van der Waals surface area contributed by atoms with Crippen LogP contribution in [0.3, 0.4) is 0 Å². The van der Waals surface area contributed by atoms with Crippen molar-refractivity contribution >= 4 is 11.7 Å². The van der Waals surface area contributed by atoms with Crippen LogP contribution in [-0.4, -0.2) is 71.4 Å². The molecule has 1 aromatic rings. The number of hydrogen-bond acceptors (Lipinski definition) is 6. The number of hydrogen-bond donors (Lipinski definition) is 0. The Morgan fingerprint density at radius 1 is 1.07 bits per heavy atom. The van der Waals surface area contributed by atoms with Gasteiger partial charge < -0.3 is 14.7 Å². The van der Waals surface area contributed by atoms with Crippen LogP contribution in [0.15, 0.2) is 12.4 Å². The molecule has 0 amide bonds. The van der Waals surface area contributed by atoms with Crippen molar-refractivity contribution in [1.29, 1.82) is 0 Å². The van der Waals surface area contributed by atoms with Gasteiger partial charge in [0, 0.05) is 68.6 Å². The molecule has 2 aliphatic heterocycles. The Balaban J connectivity index is 1.27. The molecule has 160 valence electrons. The second-order valence-corrected chi connectivity index (χ2v) is 9.64. The van der Waals surface area contributed by atoms with Crippen LogP contribution in [0.5, 0.6) is 0 Å². The molecule has 1 aliphatic carbocycles. The molecule has 4 rings (SSSR count). The molecule has 3 heterocycles. The molecule has 0 N–H and O–H groups in total. The highest BCUT2D eigenvalue weighted by atomic mass is 16.1. The van der Waals surface area contributed by atoms with Crippen LogP contribution in [0, 0.1) is 11.8 Å². The van der Waals surface area contributed by atoms with E-state index in [-0.39, 0.29) is 0 Å². The Labute approximate surface area is 175 Å². The minimum Gasteiger partial charge on any atom is -0.332 e. The standard InChI is InChI=1S/C23H37N5O/c1-4-22(29)19-7-5-17(6-8-19)13-26(2)14-18-11-24-23(25-12-18)28-20-9-10-21(28)16-27(3)15-20/h11-12,17,19-21H,4-10,13-16H2,1-3H3. The maximum Gasteiger partial charge on any atom is 0.225 e. The summed E-state index contributed by atoms with van der Waals surface area (Å²) in [5.41, 5.74) is 1.19. The zero-order valence-electron chi connectivity index (χ0n) is 18.4. The average molecular weight is 400 g/mol. The lowest BCUT2D eigenvalue weighted by Gasteiger charge is -2.39. The monoisotopic (exact) mass is 399 g/mol. The van der Waals surface area contributed by atoms with Crippen LogP contribution in [0.1, 0.15) is 57.4 Å². The van der Waals surface area contributed by atoms with Crippen molar-refractivity contribution in [3.05, 3.63) is 18.0 Å². The van der Waals surface area contributed by atoms with Crippen molar-refractivity contribution in [2.45, 2.75) is 70.5 Å². The van der Waals surface area contributed by atoms with Crippen molar-refractivity contribution in [3.8, 4) is 0 Å². The van der Waals surface area contributed by atoms with Gasteiger partial charge in [-0.25, -0.2) is 9.97 Å². The third-order valence-corrected chi connectivity index (χ3v) is 7.26. The van der Waals surface area contributed by atoms with Crippen LogP contribution in [0.2, 0.25) is 0 Å². The second kappa shape index (κ2) is 9.09. The number of rotatable bonds is 7. The molecule has 1 aromatic heterocycles. The first-order valence-corrected chi connectivity index (χ1v) is 11.5. The quantitative estimate of drug-likeness (QED) is 0.703. The third-order valence-electron chi connectivity index (χ3n) is 7.26. The number of likely N-dealkylation sites (tertiary alicyclic amines) is 1. The molecule has 3 aliphatic rings. The molecule has 0 aromatic carbocycles. The number of aromatic nitrogens is 2. The minimum absolute atomic E-state index is 0.326. The van der Waals surface area contributed by atoms with Crippen LogP contribution < -0.4 is 4.90 Å². The maximum atomic E-state index is 11.9. The summed E-state index contributed by atoms with van der Waals surface area (Å²) >= 11 is 0. The Morgan fingerprint density at radius 2 is 1.69 bits per heavy atom. The zero-order valence-corrected chi connectivity index (χ0v) is 18.4. The normalized spacial score (nSPS) is 30.1. The van der Waals surface area contributed by atoms with Gasteiger partial charge in [-0.15, -0.1) is 0 Å². The van der Waals surface area contributed by atoms with Gasteiger partial charge in [0.15, 0.2) is 0 Å². The predicted molar refractivity (Wildman–Crippen MR) is 116 cm³/mol. The van der Waals surface area contributed by atoms with Crippen molar-refractivity contribution in [3.63, 3.8) is 0 Å². The van der Waals surface area contributed by atoms with Gasteiger partial charge in [-0.05, 0) is 58.5 Å². The lowest BCUT2D eigenvalue weighted by Crippen LogP contribution is -2.53. The number of Topliss-reactive ketones (excluding diaryl/α,β-unsaturated/α-hetero) is 1. The van der Waals surface area contributed by atoms with Crippen LogP contribution in [0.25, 0.3) is 0 Å². The van der Waals surface area contributed by atoms with E-state index in [0.717, 1.165) is 45.0 Å². The number of piperazine rings is 1. The SMILES string of the molecule is CCC(=O)C1CCC(CN(C)Cc2cnc(N3C4CCC3CN(C)C4)nc2)CC1. The first kappa shape index (κ1) is 20.7. The van der Waals surface area contributed by atoms with Gasteiger partial charge in [0.2, 0.25) is 5.95 Å². The smallest absolute Gasteiger partial charge is 0.225 e. The molecule has 2 saturated heterocycles. The summed E-state index contributed by atoms with van der Waals surface area (Å²) in [6, 6.07) is 1.14. The summed E-state index contributed by atoms with van der Waals surface area (Å²) in [4.78, 5) is 28.7. The van der Waals surface area contributed by atoms with Gasteiger partial charge in [-0.3, -0.25) is 4.79 Å². The summed E-state index contributed by atoms with van der Waals surface area (Å²) in [6.07, 6.45) is 11.8. The fourth-order valence-corrected chi connectivity index (χ4v) is 5.78. The van der Waals surface area contributed by atoms with Crippen LogP contribution in [0.4, 0.5) is 5.95 Å². The van der Waals surface area contributed by atoms with Gasteiger partial charge >= 0.3 is 0 Å². The van der Waals surface area contributed by atoms with Crippen LogP contribution >= 0.6 is 0 Å². The highest BCUT2D eigenvalue weighted by Gasteiger charge is 2.40. The number of nitrogens with zero attached hydrogens (tertiary/aromatic N) is 5. The number of carbonyl (C=O) groups excluding carboxylic acids is 1. The third kappa shape index (κ3) is 4.80. The second-order valence-electron chi connectivity index (χ2n) is 9.64. The number of fused-ring (bicyclic) bond motifs is 2. The van der Waals surface area contributed by atoms with E-state index in [9.17, 15) is 4.79 Å². The molecule has 6 heteroatoms. The molecule has 29 heavy (non-hydrogen) atoms. The molecular weight excluding hydrogens is 362 g/mol. The largest absolute Gasteiger partial charge is 0.332 e. The van der Waals surface area contributed by atoms with Gasteiger partial charge in [-0.1, -0.05) is 6.92 Å². The fourth-order valence-electron chi connectivity index (χ4n) is 5.78. The molecule has 1 saturated carbocycles. The van der Waals surface area contributed by atoms with E-state index in [1.807, 2.05) is 19.3 Å². The lowest BCUT2D eigenvalue weighted by molar-refractivity contribution is -0.123. The summed E-state index contributed by atoms with van der Waals surface area (Å²) in [6.45, 7) is 6.22. The van der Waals surface area contributed by atoms with Crippen molar-refractivity contribution in [2.24, 2.45) is 11.8 Å². The average Bonchev–Trinajstić information content (AvgIpc) is 2.99. The van der Waals surface area contributed by atoms with Crippen molar-refractivity contribution in [1.82, 2.24) is 19.8 Å². The molecule has 2 bridgehead atoms. The van der Waals surface area contributed by atoms with Gasteiger partial charge in [-0.2, -0.15) is 0 Å². The highest BCUT2D eigenvalue weighted by molar-refractivity contribution is 5.80. The number of likely N-dealkylation sites (N-methyl/N-ethyl adjacent to an activating group) is 1. The number of ketones is 1. The molecule has 2 atom stereocenters. The number of carbonyl (C=O) groups is 1. The summed E-state index contributed by atoms with van der Waals surface area (Å²) in [5.74, 6) is 2.41. The molecule has 0 radical (unpaired) electrons. The topological polar surface area (TPSA) is 52.6 Å². The summed E-state index contributed by atoms with van der Waals surface area (Å²) in [5, 5.41) is 0. The first-order valence-electron chi connectivity index (χ1n) is 11.5. The first-order chi connectivity index (χ1) is 14.0. The molecule has 0 spiro atoms. The van der Waals surface area contributed by atoms with Crippen molar-refractivity contribution in [2.75, 3.05) is 38.6 Å². The van der Waals surface area contributed by atoms with Gasteiger partial charge in [0.1, 0.15) is 5.78 Å².